The number of hydrogen-bond donors (Lipinski definition) is 1. The lowest BCUT2D eigenvalue weighted by Crippen LogP contribution is -2.18. The summed E-state index contributed by atoms with van der Waals surface area (Å²) in [5.74, 6) is 0.617. The van der Waals surface area contributed by atoms with Crippen LogP contribution in [0.25, 0.3) is 0 Å². The van der Waals surface area contributed by atoms with E-state index in [0.717, 1.165) is 5.69 Å². The number of nitrogens with zero attached hydrogens (tertiary/aromatic N) is 1. The van der Waals surface area contributed by atoms with Crippen LogP contribution in [0.1, 0.15) is 18.5 Å². The van der Waals surface area contributed by atoms with Crippen molar-refractivity contribution in [2.45, 2.75) is 19.8 Å². The minimum atomic E-state index is -2.92. The monoisotopic (exact) mass is 268 g/mol. The molecule has 1 fully saturated rings. The van der Waals surface area contributed by atoms with Crippen LogP contribution in [-0.4, -0.2) is 30.8 Å². The second-order valence-corrected chi connectivity index (χ2v) is 6.91. The quantitative estimate of drug-likeness (QED) is 0.892. The van der Waals surface area contributed by atoms with Gasteiger partial charge in [-0.05, 0) is 31.4 Å². The van der Waals surface area contributed by atoms with Crippen molar-refractivity contribution in [3.05, 3.63) is 23.9 Å². The average molecular weight is 268 g/mol. The molecule has 1 unspecified atom stereocenters. The molecule has 98 valence electrons. The molecule has 0 aliphatic carbocycles. The summed E-state index contributed by atoms with van der Waals surface area (Å²) < 4.78 is 22.6. The molecule has 0 spiro atoms. The molecule has 1 atom stereocenters. The number of rotatable bonds is 3. The van der Waals surface area contributed by atoms with Crippen molar-refractivity contribution in [3.63, 3.8) is 0 Å². The predicted molar refractivity (Wildman–Crippen MR) is 69.0 cm³/mol. The van der Waals surface area contributed by atoms with Crippen LogP contribution < -0.4 is 5.32 Å². The summed E-state index contributed by atoms with van der Waals surface area (Å²) in [6.07, 6.45) is 0.825. The highest BCUT2D eigenvalue weighted by molar-refractivity contribution is 7.91. The van der Waals surface area contributed by atoms with E-state index in [1.807, 2.05) is 19.1 Å². The van der Waals surface area contributed by atoms with E-state index in [9.17, 15) is 13.2 Å². The normalized spacial score (nSPS) is 21.7. The van der Waals surface area contributed by atoms with Gasteiger partial charge in [0.05, 0.1) is 11.5 Å². The molecule has 5 nitrogen and oxygen atoms in total. The van der Waals surface area contributed by atoms with Crippen LogP contribution in [0.2, 0.25) is 0 Å². The molecule has 6 heteroatoms. The van der Waals surface area contributed by atoms with Gasteiger partial charge in [0, 0.05) is 12.1 Å². The molecule has 2 heterocycles. The first-order valence-electron chi connectivity index (χ1n) is 5.88. The Kier molecular flexibility index (Phi) is 3.65. The van der Waals surface area contributed by atoms with Crippen LogP contribution in [0.4, 0.5) is 5.82 Å². The first-order chi connectivity index (χ1) is 8.44. The van der Waals surface area contributed by atoms with Gasteiger partial charge in [0.2, 0.25) is 5.91 Å². The van der Waals surface area contributed by atoms with Crippen molar-refractivity contribution >= 4 is 21.6 Å². The Bertz CT molecular complexity index is 554. The molecular formula is C12H16N2O3S. The number of anilines is 1. The van der Waals surface area contributed by atoms with Crippen LogP contribution in [0.3, 0.4) is 0 Å². The van der Waals surface area contributed by atoms with Crippen molar-refractivity contribution in [3.8, 4) is 0 Å². The molecule has 1 aliphatic heterocycles. The van der Waals surface area contributed by atoms with Gasteiger partial charge in [-0.3, -0.25) is 4.79 Å². The van der Waals surface area contributed by atoms with Crippen molar-refractivity contribution in [1.82, 2.24) is 4.98 Å². The summed E-state index contributed by atoms with van der Waals surface area (Å²) in [5.41, 5.74) is 0.830. The fourth-order valence-electron chi connectivity index (χ4n) is 2.10. The zero-order valence-corrected chi connectivity index (χ0v) is 11.0. The fraction of sp³-hybridized carbons (Fsp3) is 0.500. The zero-order chi connectivity index (χ0) is 13.2. The van der Waals surface area contributed by atoms with Crippen LogP contribution >= 0.6 is 0 Å². The SMILES string of the molecule is Cc1cccc(NC(=O)CC2CCS(=O)(=O)C2)n1. The summed E-state index contributed by atoms with van der Waals surface area (Å²) >= 11 is 0. The molecule has 0 radical (unpaired) electrons. The molecule has 1 amide bonds. The van der Waals surface area contributed by atoms with E-state index in [2.05, 4.69) is 10.3 Å². The Morgan fingerprint density at radius 3 is 2.89 bits per heavy atom. The lowest BCUT2D eigenvalue weighted by Gasteiger charge is -2.08. The van der Waals surface area contributed by atoms with Gasteiger partial charge >= 0.3 is 0 Å². The van der Waals surface area contributed by atoms with E-state index < -0.39 is 9.84 Å². The molecule has 1 aromatic rings. The molecule has 0 saturated carbocycles. The van der Waals surface area contributed by atoms with Crippen molar-refractivity contribution in [2.24, 2.45) is 5.92 Å². The van der Waals surface area contributed by atoms with E-state index in [1.165, 1.54) is 0 Å². The second kappa shape index (κ2) is 5.06. The molecule has 2 rings (SSSR count). The van der Waals surface area contributed by atoms with E-state index in [4.69, 9.17) is 0 Å². The van der Waals surface area contributed by atoms with Gasteiger partial charge in [0.1, 0.15) is 5.82 Å². The largest absolute Gasteiger partial charge is 0.311 e. The number of aromatic nitrogens is 1. The highest BCUT2D eigenvalue weighted by Crippen LogP contribution is 2.21. The summed E-state index contributed by atoms with van der Waals surface area (Å²) in [6, 6.07) is 5.38. The van der Waals surface area contributed by atoms with Gasteiger partial charge in [-0.1, -0.05) is 6.07 Å². The van der Waals surface area contributed by atoms with Crippen molar-refractivity contribution in [1.29, 1.82) is 0 Å². The number of aryl methyl sites for hydroxylation is 1. The minimum Gasteiger partial charge on any atom is -0.311 e. The lowest BCUT2D eigenvalue weighted by atomic mass is 10.1. The van der Waals surface area contributed by atoms with Crippen LogP contribution in [0.5, 0.6) is 0 Å². The van der Waals surface area contributed by atoms with Crippen molar-refractivity contribution in [2.75, 3.05) is 16.8 Å². The number of carbonyl (C=O) groups is 1. The molecule has 1 aliphatic rings. The van der Waals surface area contributed by atoms with Gasteiger partial charge in [-0.15, -0.1) is 0 Å². The summed E-state index contributed by atoms with van der Waals surface area (Å²) in [4.78, 5) is 15.9. The number of nitrogens with one attached hydrogen (secondary N) is 1. The van der Waals surface area contributed by atoms with Gasteiger partial charge in [-0.2, -0.15) is 0 Å². The number of pyridine rings is 1. The Hall–Kier alpha value is -1.43. The lowest BCUT2D eigenvalue weighted by molar-refractivity contribution is -0.116. The maximum absolute atomic E-state index is 11.7. The third-order valence-electron chi connectivity index (χ3n) is 2.96. The van der Waals surface area contributed by atoms with Crippen LogP contribution in [0, 0.1) is 12.8 Å². The number of carbonyl (C=O) groups excluding carboxylic acids is 1. The molecule has 1 saturated heterocycles. The smallest absolute Gasteiger partial charge is 0.225 e. The minimum absolute atomic E-state index is 0.0557. The predicted octanol–water partition coefficient (Wildman–Crippen LogP) is 1.15. The van der Waals surface area contributed by atoms with E-state index in [-0.39, 0.29) is 29.8 Å². The number of sulfone groups is 1. The maximum Gasteiger partial charge on any atom is 0.225 e. The summed E-state index contributed by atoms with van der Waals surface area (Å²) in [7, 11) is -2.92. The molecule has 18 heavy (non-hydrogen) atoms. The summed E-state index contributed by atoms with van der Waals surface area (Å²) in [5, 5.41) is 2.69. The Labute approximate surface area is 107 Å². The number of amides is 1. The highest BCUT2D eigenvalue weighted by Gasteiger charge is 2.29. The van der Waals surface area contributed by atoms with Gasteiger partial charge in [0.25, 0.3) is 0 Å². The zero-order valence-electron chi connectivity index (χ0n) is 10.2. The first-order valence-corrected chi connectivity index (χ1v) is 7.71. The standard InChI is InChI=1S/C12H16N2O3S/c1-9-3-2-4-11(13-9)14-12(15)7-10-5-6-18(16,17)8-10/h2-4,10H,5-8H2,1H3,(H,13,14,15). The Morgan fingerprint density at radius 1 is 1.50 bits per heavy atom. The molecule has 1 aromatic heterocycles. The molecule has 1 N–H and O–H groups in total. The fourth-order valence-corrected chi connectivity index (χ4v) is 3.96. The van der Waals surface area contributed by atoms with Gasteiger partial charge in [-0.25, -0.2) is 13.4 Å². The average Bonchev–Trinajstić information content (AvgIpc) is 2.57. The van der Waals surface area contributed by atoms with E-state index in [1.54, 1.807) is 6.07 Å². The van der Waals surface area contributed by atoms with E-state index in [0.29, 0.717) is 12.2 Å². The first kappa shape index (κ1) is 13.0. The molecular weight excluding hydrogens is 252 g/mol. The van der Waals surface area contributed by atoms with E-state index >= 15 is 0 Å². The molecule has 0 aromatic carbocycles. The van der Waals surface area contributed by atoms with Crippen LogP contribution in [0.15, 0.2) is 18.2 Å². The number of hydrogen-bond acceptors (Lipinski definition) is 4. The Morgan fingerprint density at radius 2 is 2.28 bits per heavy atom. The second-order valence-electron chi connectivity index (χ2n) is 4.69. The highest BCUT2D eigenvalue weighted by atomic mass is 32.2. The van der Waals surface area contributed by atoms with Crippen LogP contribution in [-0.2, 0) is 14.6 Å². The Balaban J connectivity index is 1.90. The van der Waals surface area contributed by atoms with Gasteiger partial charge in [0.15, 0.2) is 9.84 Å². The van der Waals surface area contributed by atoms with Gasteiger partial charge < -0.3 is 5.32 Å². The summed E-state index contributed by atoms with van der Waals surface area (Å²) in [6.45, 7) is 1.85. The topological polar surface area (TPSA) is 76.1 Å². The molecule has 0 bridgehead atoms. The maximum atomic E-state index is 11.7. The third kappa shape index (κ3) is 3.53. The van der Waals surface area contributed by atoms with Crippen molar-refractivity contribution < 1.29 is 13.2 Å². The third-order valence-corrected chi connectivity index (χ3v) is 4.79.